The number of nitrogens with zero attached hydrogens (tertiary/aromatic N) is 2. The van der Waals surface area contributed by atoms with E-state index in [4.69, 9.17) is 23.2 Å². The number of amides is 1. The lowest BCUT2D eigenvalue weighted by Gasteiger charge is -2.13. The maximum absolute atomic E-state index is 13.3. The van der Waals surface area contributed by atoms with Gasteiger partial charge in [0.25, 0.3) is 5.91 Å². The molecule has 1 N–H and O–H groups in total. The van der Waals surface area contributed by atoms with E-state index in [0.29, 0.717) is 17.3 Å². The van der Waals surface area contributed by atoms with Crippen LogP contribution in [0.15, 0.2) is 54.9 Å². The fraction of sp³-hybridized carbons (Fsp3) is 0.150. The van der Waals surface area contributed by atoms with Gasteiger partial charge in [-0.05, 0) is 48.2 Å². The van der Waals surface area contributed by atoms with Crippen LogP contribution in [0.4, 0.5) is 10.1 Å². The Balaban J connectivity index is 1.72. The number of halogens is 3. The van der Waals surface area contributed by atoms with Crippen LogP contribution in [0.5, 0.6) is 0 Å². The molecule has 0 radical (unpaired) electrons. The van der Waals surface area contributed by atoms with Crippen LogP contribution < -0.4 is 5.32 Å². The van der Waals surface area contributed by atoms with Gasteiger partial charge >= 0.3 is 0 Å². The number of carbonyl (C=O) groups is 1. The van der Waals surface area contributed by atoms with Crippen molar-refractivity contribution in [3.8, 4) is 0 Å². The molecule has 4 nitrogen and oxygen atoms in total. The van der Waals surface area contributed by atoms with E-state index in [-0.39, 0.29) is 22.4 Å². The fourth-order valence-corrected chi connectivity index (χ4v) is 3.02. The van der Waals surface area contributed by atoms with Crippen molar-refractivity contribution in [3.63, 3.8) is 0 Å². The van der Waals surface area contributed by atoms with Crippen LogP contribution in [0.25, 0.3) is 0 Å². The van der Waals surface area contributed by atoms with Crippen molar-refractivity contribution >= 4 is 34.8 Å². The number of carbonyl (C=O) groups excluding carboxylic acids is 1. The standard InChI is InChI=1S/C20H16Cl2FN3O/c1-12(7-16-10-24-11-19(22)25-16)13-3-2-4-15(8-13)26-20(27)14-5-6-18(23)17(21)9-14/h2-6,8-12H,7H2,1H3,(H,26,27)/t12-/m1/s1. The number of rotatable bonds is 5. The van der Waals surface area contributed by atoms with Crippen LogP contribution >= 0.6 is 23.2 Å². The molecule has 0 aliphatic carbocycles. The average molecular weight is 404 g/mol. The molecule has 3 rings (SSSR count). The van der Waals surface area contributed by atoms with Gasteiger partial charge in [0.15, 0.2) is 0 Å². The van der Waals surface area contributed by atoms with Crippen molar-refractivity contribution < 1.29 is 9.18 Å². The molecule has 0 bridgehead atoms. The van der Waals surface area contributed by atoms with Crippen molar-refractivity contribution in [2.45, 2.75) is 19.3 Å². The Bertz CT molecular complexity index is 981. The lowest BCUT2D eigenvalue weighted by Crippen LogP contribution is -2.12. The van der Waals surface area contributed by atoms with Crippen molar-refractivity contribution in [2.24, 2.45) is 0 Å². The van der Waals surface area contributed by atoms with Crippen LogP contribution in [-0.2, 0) is 6.42 Å². The van der Waals surface area contributed by atoms with Gasteiger partial charge in [0.05, 0.1) is 16.9 Å². The molecule has 27 heavy (non-hydrogen) atoms. The minimum Gasteiger partial charge on any atom is -0.322 e. The molecule has 0 saturated carbocycles. The molecule has 1 aromatic heterocycles. The third-order valence-corrected chi connectivity index (χ3v) is 4.54. The van der Waals surface area contributed by atoms with E-state index in [2.05, 4.69) is 22.2 Å². The fourth-order valence-electron chi connectivity index (χ4n) is 2.67. The van der Waals surface area contributed by atoms with E-state index in [1.807, 2.05) is 18.2 Å². The summed E-state index contributed by atoms with van der Waals surface area (Å²) in [6.07, 6.45) is 3.85. The van der Waals surface area contributed by atoms with Gasteiger partial charge in [0.2, 0.25) is 0 Å². The Labute approximate surface area is 166 Å². The highest BCUT2D eigenvalue weighted by atomic mass is 35.5. The summed E-state index contributed by atoms with van der Waals surface area (Å²) in [6.45, 7) is 2.06. The van der Waals surface area contributed by atoms with Gasteiger partial charge in [0.1, 0.15) is 11.0 Å². The Hall–Kier alpha value is -2.50. The molecule has 1 heterocycles. The van der Waals surface area contributed by atoms with E-state index in [0.717, 1.165) is 11.3 Å². The number of anilines is 1. The van der Waals surface area contributed by atoms with E-state index >= 15 is 0 Å². The summed E-state index contributed by atoms with van der Waals surface area (Å²) < 4.78 is 13.3. The second-order valence-electron chi connectivity index (χ2n) is 6.15. The Kier molecular flexibility index (Phi) is 6.04. The molecule has 0 aliphatic heterocycles. The molecule has 0 aliphatic rings. The topological polar surface area (TPSA) is 54.9 Å². The summed E-state index contributed by atoms with van der Waals surface area (Å²) >= 11 is 11.6. The molecule has 0 saturated heterocycles. The second-order valence-corrected chi connectivity index (χ2v) is 6.94. The van der Waals surface area contributed by atoms with Gasteiger partial charge < -0.3 is 5.32 Å². The van der Waals surface area contributed by atoms with Crippen LogP contribution in [0.2, 0.25) is 10.2 Å². The zero-order valence-electron chi connectivity index (χ0n) is 14.4. The molecule has 1 amide bonds. The zero-order valence-corrected chi connectivity index (χ0v) is 15.9. The van der Waals surface area contributed by atoms with Gasteiger partial charge in [-0.25, -0.2) is 9.37 Å². The quantitative estimate of drug-likeness (QED) is 0.609. The molecule has 0 unspecified atom stereocenters. The molecule has 1 atom stereocenters. The normalized spacial score (nSPS) is 11.9. The molecule has 7 heteroatoms. The first-order valence-electron chi connectivity index (χ1n) is 8.25. The first-order valence-corrected chi connectivity index (χ1v) is 9.01. The van der Waals surface area contributed by atoms with Crippen LogP contribution in [0.3, 0.4) is 0 Å². The van der Waals surface area contributed by atoms with E-state index in [1.165, 1.54) is 24.4 Å². The predicted molar refractivity (Wildman–Crippen MR) is 105 cm³/mol. The molecular formula is C20H16Cl2FN3O. The number of benzene rings is 2. The van der Waals surface area contributed by atoms with Gasteiger partial charge in [-0.3, -0.25) is 9.78 Å². The third-order valence-electron chi connectivity index (χ3n) is 4.07. The molecule has 138 valence electrons. The first kappa shape index (κ1) is 19.3. The highest BCUT2D eigenvalue weighted by molar-refractivity contribution is 6.31. The summed E-state index contributed by atoms with van der Waals surface area (Å²) in [5, 5.41) is 3.07. The summed E-state index contributed by atoms with van der Waals surface area (Å²) in [4.78, 5) is 20.7. The Morgan fingerprint density at radius 2 is 2.00 bits per heavy atom. The number of hydrogen-bond donors (Lipinski definition) is 1. The molecule has 2 aromatic carbocycles. The monoisotopic (exact) mass is 403 g/mol. The van der Waals surface area contributed by atoms with Crippen LogP contribution in [-0.4, -0.2) is 15.9 Å². The number of nitrogens with one attached hydrogen (secondary N) is 1. The highest BCUT2D eigenvalue weighted by Gasteiger charge is 2.12. The first-order chi connectivity index (χ1) is 12.9. The van der Waals surface area contributed by atoms with Gasteiger partial charge in [-0.2, -0.15) is 0 Å². The van der Waals surface area contributed by atoms with Crippen molar-refractivity contribution in [2.75, 3.05) is 5.32 Å². The highest BCUT2D eigenvalue weighted by Crippen LogP contribution is 2.23. The van der Waals surface area contributed by atoms with E-state index in [9.17, 15) is 9.18 Å². The van der Waals surface area contributed by atoms with Crippen LogP contribution in [0, 0.1) is 5.82 Å². The van der Waals surface area contributed by atoms with Gasteiger partial charge in [-0.15, -0.1) is 0 Å². The summed E-state index contributed by atoms with van der Waals surface area (Å²) in [5.41, 5.74) is 2.76. The maximum atomic E-state index is 13.3. The van der Waals surface area contributed by atoms with E-state index in [1.54, 1.807) is 12.3 Å². The van der Waals surface area contributed by atoms with Crippen molar-refractivity contribution in [1.82, 2.24) is 9.97 Å². The Morgan fingerprint density at radius 1 is 1.19 bits per heavy atom. The molecule has 3 aromatic rings. The summed E-state index contributed by atoms with van der Waals surface area (Å²) in [6, 6.07) is 11.4. The SMILES string of the molecule is C[C@H](Cc1cncc(Cl)n1)c1cccc(NC(=O)c2ccc(F)c(Cl)c2)c1. The largest absolute Gasteiger partial charge is 0.322 e. The maximum Gasteiger partial charge on any atom is 0.255 e. The lowest BCUT2D eigenvalue weighted by molar-refractivity contribution is 0.102. The molecule has 0 spiro atoms. The Morgan fingerprint density at radius 3 is 2.74 bits per heavy atom. The molecule has 0 fully saturated rings. The summed E-state index contributed by atoms with van der Waals surface area (Å²) in [7, 11) is 0. The number of hydrogen-bond acceptors (Lipinski definition) is 3. The van der Waals surface area contributed by atoms with Crippen molar-refractivity contribution in [1.29, 1.82) is 0 Å². The number of aromatic nitrogens is 2. The van der Waals surface area contributed by atoms with E-state index < -0.39 is 5.82 Å². The van der Waals surface area contributed by atoms with Gasteiger partial charge in [-0.1, -0.05) is 42.3 Å². The third kappa shape index (κ3) is 5.02. The summed E-state index contributed by atoms with van der Waals surface area (Å²) in [5.74, 6) is -0.773. The molecular weight excluding hydrogens is 388 g/mol. The minimum atomic E-state index is -0.562. The van der Waals surface area contributed by atoms with Gasteiger partial charge in [0, 0.05) is 17.4 Å². The zero-order chi connectivity index (χ0) is 19.4. The average Bonchev–Trinajstić information content (AvgIpc) is 2.64. The van der Waals surface area contributed by atoms with Crippen molar-refractivity contribution in [3.05, 3.63) is 87.7 Å². The lowest BCUT2D eigenvalue weighted by atomic mass is 9.96. The minimum absolute atomic E-state index is 0.0901. The second kappa shape index (κ2) is 8.46. The predicted octanol–water partition coefficient (Wildman–Crippen LogP) is 5.52. The van der Waals surface area contributed by atoms with Crippen LogP contribution in [0.1, 0.15) is 34.5 Å². The smallest absolute Gasteiger partial charge is 0.255 e.